The second kappa shape index (κ2) is 6.83. The molecule has 2 rings (SSSR count). The summed E-state index contributed by atoms with van der Waals surface area (Å²) in [7, 11) is 1.44. The average molecular weight is 319 g/mol. The minimum absolute atomic E-state index is 0.231. The monoisotopic (exact) mass is 318 g/mol. The molecule has 0 bridgehead atoms. The van der Waals surface area contributed by atoms with Crippen molar-refractivity contribution in [1.82, 2.24) is 0 Å². The molecule has 0 amide bonds. The topological polar surface area (TPSA) is 26.3 Å². The third-order valence-electron chi connectivity index (χ3n) is 7.22. The van der Waals surface area contributed by atoms with Crippen molar-refractivity contribution in [3.8, 4) is 0 Å². The van der Waals surface area contributed by atoms with Crippen molar-refractivity contribution < 1.29 is 9.53 Å². The standard InChI is InChI=1S/C21H34O2/c1-15(14-19(22)23-6)10-12-20(4)17(3)11-13-21(5)16(2)8-7-9-18(20)21/h8,14,17-18H,7,9-13H2,1-6H3/b15-14+/t17-,18-,20+,21+/m1/s1. The number of esters is 1. The predicted molar refractivity (Wildman–Crippen MR) is 96.1 cm³/mol. The first-order valence-corrected chi connectivity index (χ1v) is 9.16. The SMILES string of the molecule is COC(=O)/C=C(\C)CC[C@@]1(C)[C@H](C)CC[C@@]2(C)C(C)=CCC[C@H]12. The first kappa shape index (κ1) is 18.3. The first-order valence-electron chi connectivity index (χ1n) is 9.16. The molecule has 2 aliphatic rings. The molecule has 0 N–H and O–H groups in total. The van der Waals surface area contributed by atoms with Crippen LogP contribution in [0.25, 0.3) is 0 Å². The van der Waals surface area contributed by atoms with Crippen LogP contribution in [0.2, 0.25) is 0 Å². The van der Waals surface area contributed by atoms with Gasteiger partial charge in [-0.3, -0.25) is 0 Å². The largest absolute Gasteiger partial charge is 0.466 e. The Kier molecular flexibility index (Phi) is 5.43. The highest BCUT2D eigenvalue weighted by Crippen LogP contribution is 2.61. The smallest absolute Gasteiger partial charge is 0.330 e. The van der Waals surface area contributed by atoms with Gasteiger partial charge >= 0.3 is 5.97 Å². The number of carbonyl (C=O) groups excluding carboxylic acids is 1. The molecule has 1 fully saturated rings. The maximum atomic E-state index is 11.4. The van der Waals surface area contributed by atoms with Gasteiger partial charge in [-0.1, -0.05) is 38.0 Å². The Morgan fingerprint density at radius 2 is 2.09 bits per heavy atom. The quantitative estimate of drug-likeness (QED) is 0.378. The van der Waals surface area contributed by atoms with Crippen LogP contribution in [0.4, 0.5) is 0 Å². The lowest BCUT2D eigenvalue weighted by atomic mass is 9.47. The Hall–Kier alpha value is -1.05. The predicted octanol–water partition coefficient (Wildman–Crippen LogP) is 5.68. The number of rotatable bonds is 4. The Bertz CT molecular complexity index is 516. The zero-order chi connectivity index (χ0) is 17.3. The zero-order valence-corrected chi connectivity index (χ0v) is 15.9. The van der Waals surface area contributed by atoms with E-state index in [0.717, 1.165) is 23.8 Å². The molecule has 0 aromatic heterocycles. The summed E-state index contributed by atoms with van der Waals surface area (Å²) in [5.74, 6) is 1.28. The van der Waals surface area contributed by atoms with E-state index in [0.29, 0.717) is 10.8 Å². The molecule has 0 radical (unpaired) electrons. The van der Waals surface area contributed by atoms with Crippen LogP contribution in [0.5, 0.6) is 0 Å². The molecule has 0 aromatic carbocycles. The molecule has 0 aromatic rings. The summed E-state index contributed by atoms with van der Waals surface area (Å²) < 4.78 is 4.75. The van der Waals surface area contributed by atoms with Gasteiger partial charge in [-0.15, -0.1) is 0 Å². The summed E-state index contributed by atoms with van der Waals surface area (Å²) >= 11 is 0. The molecule has 0 spiro atoms. The van der Waals surface area contributed by atoms with Crippen LogP contribution in [0.15, 0.2) is 23.3 Å². The zero-order valence-electron chi connectivity index (χ0n) is 15.9. The Balaban J connectivity index is 2.19. The molecule has 4 atom stereocenters. The van der Waals surface area contributed by atoms with Gasteiger partial charge in [-0.25, -0.2) is 4.79 Å². The molecular formula is C21H34O2. The van der Waals surface area contributed by atoms with Crippen molar-refractivity contribution in [3.05, 3.63) is 23.3 Å². The molecule has 2 nitrogen and oxygen atoms in total. The summed E-state index contributed by atoms with van der Waals surface area (Å²) in [6.07, 6.45) is 11.5. The number of carbonyl (C=O) groups is 1. The third-order valence-corrected chi connectivity index (χ3v) is 7.22. The van der Waals surface area contributed by atoms with Gasteiger partial charge in [-0.2, -0.15) is 0 Å². The number of hydrogen-bond donors (Lipinski definition) is 0. The van der Waals surface area contributed by atoms with Gasteiger partial charge in [0.25, 0.3) is 0 Å². The van der Waals surface area contributed by atoms with Crippen LogP contribution < -0.4 is 0 Å². The third kappa shape index (κ3) is 3.41. The second-order valence-corrected chi connectivity index (χ2v) is 8.39. The van der Waals surface area contributed by atoms with Crippen molar-refractivity contribution in [2.75, 3.05) is 7.11 Å². The van der Waals surface area contributed by atoms with Crippen molar-refractivity contribution in [3.63, 3.8) is 0 Å². The van der Waals surface area contributed by atoms with Gasteiger partial charge in [0.2, 0.25) is 0 Å². The highest BCUT2D eigenvalue weighted by Gasteiger charge is 2.52. The lowest BCUT2D eigenvalue weighted by Gasteiger charge is -2.58. The number of methoxy groups -OCH3 is 1. The van der Waals surface area contributed by atoms with E-state index in [9.17, 15) is 4.79 Å². The van der Waals surface area contributed by atoms with Gasteiger partial charge < -0.3 is 4.74 Å². The van der Waals surface area contributed by atoms with E-state index < -0.39 is 0 Å². The fraction of sp³-hybridized carbons (Fsp3) is 0.762. The molecule has 2 aliphatic carbocycles. The van der Waals surface area contributed by atoms with Crippen molar-refractivity contribution in [2.45, 2.75) is 73.1 Å². The van der Waals surface area contributed by atoms with Crippen LogP contribution in [0, 0.1) is 22.7 Å². The summed E-state index contributed by atoms with van der Waals surface area (Å²) in [5.41, 5.74) is 3.47. The van der Waals surface area contributed by atoms with E-state index in [4.69, 9.17) is 4.74 Å². The maximum Gasteiger partial charge on any atom is 0.330 e. The van der Waals surface area contributed by atoms with Gasteiger partial charge in [0, 0.05) is 6.08 Å². The number of hydrogen-bond acceptors (Lipinski definition) is 2. The van der Waals surface area contributed by atoms with E-state index in [1.54, 1.807) is 11.6 Å². The minimum atomic E-state index is -0.231. The molecule has 23 heavy (non-hydrogen) atoms. The first-order chi connectivity index (χ1) is 10.7. The normalized spacial score (nSPS) is 37.8. The molecule has 0 unspecified atom stereocenters. The fourth-order valence-corrected chi connectivity index (χ4v) is 5.13. The van der Waals surface area contributed by atoms with Gasteiger partial charge in [-0.05, 0) is 75.0 Å². The van der Waals surface area contributed by atoms with E-state index in [-0.39, 0.29) is 5.97 Å². The highest BCUT2D eigenvalue weighted by molar-refractivity contribution is 5.82. The van der Waals surface area contributed by atoms with Crippen molar-refractivity contribution >= 4 is 5.97 Å². The summed E-state index contributed by atoms with van der Waals surface area (Å²) in [4.78, 5) is 11.4. The second-order valence-electron chi connectivity index (χ2n) is 8.39. The minimum Gasteiger partial charge on any atom is -0.466 e. The summed E-state index contributed by atoms with van der Waals surface area (Å²) in [6.45, 7) is 11.8. The number of fused-ring (bicyclic) bond motifs is 1. The van der Waals surface area contributed by atoms with Crippen LogP contribution >= 0.6 is 0 Å². The number of allylic oxidation sites excluding steroid dienone is 3. The van der Waals surface area contributed by atoms with Crippen LogP contribution in [-0.4, -0.2) is 13.1 Å². The Morgan fingerprint density at radius 1 is 1.39 bits per heavy atom. The van der Waals surface area contributed by atoms with E-state index in [2.05, 4.69) is 40.7 Å². The molecule has 0 saturated heterocycles. The molecular weight excluding hydrogens is 284 g/mol. The molecule has 0 aliphatic heterocycles. The van der Waals surface area contributed by atoms with Crippen LogP contribution in [0.3, 0.4) is 0 Å². The van der Waals surface area contributed by atoms with E-state index in [1.807, 2.05) is 0 Å². The fourth-order valence-electron chi connectivity index (χ4n) is 5.13. The molecule has 2 heteroatoms. The summed E-state index contributed by atoms with van der Waals surface area (Å²) in [5, 5.41) is 0. The van der Waals surface area contributed by atoms with Gasteiger partial charge in [0.1, 0.15) is 0 Å². The average Bonchev–Trinajstić information content (AvgIpc) is 2.52. The molecule has 0 heterocycles. The molecule has 130 valence electrons. The van der Waals surface area contributed by atoms with Crippen molar-refractivity contribution in [2.24, 2.45) is 22.7 Å². The van der Waals surface area contributed by atoms with Crippen LogP contribution in [-0.2, 0) is 9.53 Å². The van der Waals surface area contributed by atoms with Crippen LogP contribution in [0.1, 0.15) is 73.1 Å². The van der Waals surface area contributed by atoms with Crippen molar-refractivity contribution in [1.29, 1.82) is 0 Å². The Morgan fingerprint density at radius 3 is 2.74 bits per heavy atom. The maximum absolute atomic E-state index is 11.4. The van der Waals surface area contributed by atoms with Gasteiger partial charge in [0.15, 0.2) is 0 Å². The molecule has 1 saturated carbocycles. The number of ether oxygens (including phenoxy) is 1. The lowest BCUT2D eigenvalue weighted by molar-refractivity contribution is -0.134. The van der Waals surface area contributed by atoms with E-state index in [1.165, 1.54) is 39.2 Å². The highest BCUT2D eigenvalue weighted by atomic mass is 16.5. The van der Waals surface area contributed by atoms with E-state index >= 15 is 0 Å². The lowest BCUT2D eigenvalue weighted by Crippen LogP contribution is -2.49. The summed E-state index contributed by atoms with van der Waals surface area (Å²) in [6, 6.07) is 0. The van der Waals surface area contributed by atoms with Gasteiger partial charge in [0.05, 0.1) is 7.11 Å². The Labute approximate surface area is 142 Å².